The maximum Gasteiger partial charge on any atom is 0.340 e. The standard InChI is InChI=1S/C21H29N5O3S/c1-4-29-19(28)17-13(2)18(22-14(17)3)16(27)12-30-21-24-23-20(26(21)15-8-9-15)25-10-6-5-7-11-25/h15,22H,4-12H2,1-3H3. The number of Topliss-reactive ketones (excluding diaryl/α,β-unsaturated/α-hetero) is 1. The molecule has 0 bridgehead atoms. The molecule has 0 aromatic carbocycles. The van der Waals surface area contributed by atoms with Gasteiger partial charge in [-0.25, -0.2) is 4.79 Å². The summed E-state index contributed by atoms with van der Waals surface area (Å²) < 4.78 is 7.34. The first-order valence-electron chi connectivity index (χ1n) is 10.7. The fourth-order valence-corrected chi connectivity index (χ4v) is 4.94. The number of piperidine rings is 1. The van der Waals surface area contributed by atoms with Crippen LogP contribution in [0.3, 0.4) is 0 Å². The second-order valence-corrected chi connectivity index (χ2v) is 8.93. The Balaban J connectivity index is 1.49. The number of aryl methyl sites for hydroxylation is 1. The van der Waals surface area contributed by atoms with Gasteiger partial charge in [0.15, 0.2) is 10.9 Å². The van der Waals surface area contributed by atoms with Crippen LogP contribution in [0.2, 0.25) is 0 Å². The van der Waals surface area contributed by atoms with Crippen molar-refractivity contribution in [1.82, 2.24) is 19.7 Å². The lowest BCUT2D eigenvalue weighted by atomic mass is 10.1. The minimum absolute atomic E-state index is 0.0546. The molecular formula is C21H29N5O3S. The molecule has 162 valence electrons. The van der Waals surface area contributed by atoms with E-state index in [1.165, 1.54) is 31.0 Å². The summed E-state index contributed by atoms with van der Waals surface area (Å²) in [4.78, 5) is 30.5. The summed E-state index contributed by atoms with van der Waals surface area (Å²) in [6.45, 7) is 7.69. The van der Waals surface area contributed by atoms with Crippen molar-refractivity contribution in [3.8, 4) is 0 Å². The van der Waals surface area contributed by atoms with E-state index in [0.717, 1.165) is 37.0 Å². The van der Waals surface area contributed by atoms with Gasteiger partial charge in [0.25, 0.3) is 0 Å². The molecule has 8 nitrogen and oxygen atoms in total. The summed E-state index contributed by atoms with van der Waals surface area (Å²) in [5.41, 5.74) is 2.23. The van der Waals surface area contributed by atoms with Gasteiger partial charge in [0.2, 0.25) is 5.95 Å². The van der Waals surface area contributed by atoms with Crippen LogP contribution in [0.25, 0.3) is 0 Å². The van der Waals surface area contributed by atoms with Crippen LogP contribution < -0.4 is 4.90 Å². The Kier molecular flexibility index (Phi) is 6.17. The maximum atomic E-state index is 12.9. The highest BCUT2D eigenvalue weighted by Crippen LogP contribution is 2.41. The number of nitrogens with one attached hydrogen (secondary N) is 1. The SMILES string of the molecule is CCOC(=O)c1c(C)[nH]c(C(=O)CSc2nnc(N3CCCCC3)n2C2CC2)c1C. The first kappa shape index (κ1) is 21.0. The number of esters is 1. The Morgan fingerprint density at radius 2 is 1.90 bits per heavy atom. The lowest BCUT2D eigenvalue weighted by Gasteiger charge is -2.27. The van der Waals surface area contributed by atoms with E-state index < -0.39 is 5.97 Å². The summed E-state index contributed by atoms with van der Waals surface area (Å²) >= 11 is 1.42. The molecule has 1 saturated carbocycles. The van der Waals surface area contributed by atoms with E-state index in [1.807, 2.05) is 0 Å². The molecule has 0 radical (unpaired) electrons. The number of rotatable bonds is 8. The van der Waals surface area contributed by atoms with Gasteiger partial charge < -0.3 is 14.6 Å². The van der Waals surface area contributed by atoms with Crippen LogP contribution in [-0.4, -0.2) is 57.0 Å². The molecule has 0 unspecified atom stereocenters. The molecule has 0 spiro atoms. The largest absolute Gasteiger partial charge is 0.462 e. The summed E-state index contributed by atoms with van der Waals surface area (Å²) in [5.74, 6) is 0.744. The highest BCUT2D eigenvalue weighted by atomic mass is 32.2. The molecule has 1 aliphatic carbocycles. The van der Waals surface area contributed by atoms with Crippen molar-refractivity contribution in [3.63, 3.8) is 0 Å². The number of carbonyl (C=O) groups excluding carboxylic acids is 2. The third-order valence-corrected chi connectivity index (χ3v) is 6.67. The van der Waals surface area contributed by atoms with E-state index in [2.05, 4.69) is 24.6 Å². The molecule has 30 heavy (non-hydrogen) atoms. The van der Waals surface area contributed by atoms with Gasteiger partial charge in [-0.1, -0.05) is 11.8 Å². The minimum Gasteiger partial charge on any atom is -0.462 e. The van der Waals surface area contributed by atoms with Gasteiger partial charge >= 0.3 is 5.97 Å². The summed E-state index contributed by atoms with van der Waals surface area (Å²) in [6, 6.07) is 0.444. The number of aromatic nitrogens is 4. The molecular weight excluding hydrogens is 402 g/mol. The Hall–Kier alpha value is -2.29. The van der Waals surface area contributed by atoms with Crippen LogP contribution in [0.1, 0.15) is 77.2 Å². The number of ketones is 1. The van der Waals surface area contributed by atoms with E-state index in [4.69, 9.17) is 4.74 Å². The number of aromatic amines is 1. The van der Waals surface area contributed by atoms with Crippen LogP contribution >= 0.6 is 11.8 Å². The van der Waals surface area contributed by atoms with Crippen molar-refractivity contribution in [1.29, 1.82) is 0 Å². The van der Waals surface area contributed by atoms with E-state index in [0.29, 0.717) is 35.2 Å². The Morgan fingerprint density at radius 3 is 2.57 bits per heavy atom. The van der Waals surface area contributed by atoms with E-state index >= 15 is 0 Å². The van der Waals surface area contributed by atoms with Gasteiger partial charge in [0, 0.05) is 24.8 Å². The average Bonchev–Trinajstić information content (AvgIpc) is 3.42. The van der Waals surface area contributed by atoms with Gasteiger partial charge in [0.1, 0.15) is 0 Å². The minimum atomic E-state index is -0.393. The Bertz CT molecular complexity index is 941. The summed E-state index contributed by atoms with van der Waals surface area (Å²) in [7, 11) is 0. The number of H-pyrrole nitrogens is 1. The van der Waals surface area contributed by atoms with Crippen LogP contribution in [0.5, 0.6) is 0 Å². The number of nitrogens with zero attached hydrogens (tertiary/aromatic N) is 4. The number of anilines is 1. The van der Waals surface area contributed by atoms with Gasteiger partial charge in [-0.3, -0.25) is 9.36 Å². The van der Waals surface area contributed by atoms with E-state index in [1.54, 1.807) is 20.8 Å². The molecule has 0 atom stereocenters. The molecule has 2 aliphatic rings. The molecule has 2 aromatic heterocycles. The zero-order chi connectivity index (χ0) is 21.3. The Labute approximate surface area is 180 Å². The van der Waals surface area contributed by atoms with Crippen LogP contribution in [0, 0.1) is 13.8 Å². The number of ether oxygens (including phenoxy) is 1. The topological polar surface area (TPSA) is 93.1 Å². The monoisotopic (exact) mass is 431 g/mol. The number of hydrogen-bond acceptors (Lipinski definition) is 7. The fraction of sp³-hybridized carbons (Fsp3) is 0.619. The van der Waals surface area contributed by atoms with Crippen molar-refractivity contribution < 1.29 is 14.3 Å². The van der Waals surface area contributed by atoms with Crippen molar-refractivity contribution in [2.75, 3.05) is 30.3 Å². The summed E-state index contributed by atoms with van der Waals surface area (Å²) in [6.07, 6.45) is 5.92. The molecule has 1 saturated heterocycles. The zero-order valence-corrected chi connectivity index (χ0v) is 18.7. The van der Waals surface area contributed by atoms with Gasteiger partial charge in [-0.15, -0.1) is 10.2 Å². The zero-order valence-electron chi connectivity index (χ0n) is 17.9. The predicted octanol–water partition coefficient (Wildman–Crippen LogP) is 3.70. The van der Waals surface area contributed by atoms with Gasteiger partial charge in [0.05, 0.1) is 23.6 Å². The van der Waals surface area contributed by atoms with Gasteiger partial charge in [-0.2, -0.15) is 0 Å². The first-order valence-corrected chi connectivity index (χ1v) is 11.7. The van der Waals surface area contributed by atoms with Crippen LogP contribution in [0.15, 0.2) is 5.16 Å². The molecule has 3 heterocycles. The second kappa shape index (κ2) is 8.83. The first-order chi connectivity index (χ1) is 14.5. The number of hydrogen-bond donors (Lipinski definition) is 1. The van der Waals surface area contributed by atoms with Crippen LogP contribution in [-0.2, 0) is 4.74 Å². The van der Waals surface area contributed by atoms with E-state index in [-0.39, 0.29) is 11.5 Å². The number of carbonyl (C=O) groups is 2. The molecule has 2 fully saturated rings. The second-order valence-electron chi connectivity index (χ2n) is 7.99. The highest BCUT2D eigenvalue weighted by molar-refractivity contribution is 7.99. The smallest absolute Gasteiger partial charge is 0.340 e. The quantitative estimate of drug-likeness (QED) is 0.387. The lowest BCUT2D eigenvalue weighted by Crippen LogP contribution is -2.31. The Morgan fingerprint density at radius 1 is 1.17 bits per heavy atom. The molecule has 4 rings (SSSR count). The molecule has 9 heteroatoms. The normalized spacial score (nSPS) is 16.7. The highest BCUT2D eigenvalue weighted by Gasteiger charge is 2.32. The van der Waals surface area contributed by atoms with Crippen molar-refractivity contribution in [3.05, 3.63) is 22.5 Å². The average molecular weight is 432 g/mol. The molecule has 0 amide bonds. The lowest BCUT2D eigenvalue weighted by molar-refractivity contribution is 0.0525. The third-order valence-electron chi connectivity index (χ3n) is 5.73. The number of thioether (sulfide) groups is 1. The van der Waals surface area contributed by atoms with Crippen molar-refractivity contribution in [2.45, 2.75) is 64.1 Å². The summed E-state index contributed by atoms with van der Waals surface area (Å²) in [5, 5.41) is 9.69. The van der Waals surface area contributed by atoms with Gasteiger partial charge in [-0.05, 0) is 58.4 Å². The third kappa shape index (κ3) is 4.12. The van der Waals surface area contributed by atoms with Crippen molar-refractivity contribution >= 4 is 29.5 Å². The molecule has 1 aliphatic heterocycles. The predicted molar refractivity (Wildman–Crippen MR) is 116 cm³/mol. The molecule has 1 N–H and O–H groups in total. The van der Waals surface area contributed by atoms with Crippen LogP contribution in [0.4, 0.5) is 5.95 Å². The maximum absolute atomic E-state index is 12.9. The molecule has 2 aromatic rings. The van der Waals surface area contributed by atoms with E-state index in [9.17, 15) is 9.59 Å². The van der Waals surface area contributed by atoms with Crippen molar-refractivity contribution in [2.24, 2.45) is 0 Å². The fourth-order valence-electron chi connectivity index (χ4n) is 4.07.